The molecule has 0 heterocycles. The molecule has 2 amide bonds. The van der Waals surface area contributed by atoms with Crippen LogP contribution >= 0.6 is 11.6 Å². The molecule has 0 unspecified atom stereocenters. The molecule has 0 saturated carbocycles. The summed E-state index contributed by atoms with van der Waals surface area (Å²) in [5, 5.41) is 2.52. The summed E-state index contributed by atoms with van der Waals surface area (Å²) in [6.45, 7) is 3.24. The Morgan fingerprint density at radius 1 is 1.08 bits per heavy atom. The predicted molar refractivity (Wildman–Crippen MR) is 138 cm³/mol. The van der Waals surface area contributed by atoms with Crippen LogP contribution in [0.15, 0.2) is 48.5 Å². The third kappa shape index (κ3) is 8.63. The first-order chi connectivity index (χ1) is 17.3. The molecule has 12 heteroatoms. The molecule has 0 saturated heterocycles. The molecule has 0 radical (unpaired) electrons. The highest BCUT2D eigenvalue weighted by Gasteiger charge is 2.35. The maximum atomic E-state index is 13.6. The molecule has 0 spiro atoms. The molecule has 204 valence electrons. The Kier molecular flexibility index (Phi) is 10.8. The van der Waals surface area contributed by atoms with Gasteiger partial charge in [0.1, 0.15) is 12.6 Å². The Morgan fingerprint density at radius 3 is 2.27 bits per heavy atom. The van der Waals surface area contributed by atoms with Gasteiger partial charge in [0, 0.05) is 13.1 Å². The smallest absolute Gasteiger partial charge is 0.354 e. The van der Waals surface area contributed by atoms with Crippen LogP contribution in [0.4, 0.5) is 18.9 Å². The second-order valence-electron chi connectivity index (χ2n) is 8.51. The average Bonchev–Trinajstić information content (AvgIpc) is 2.82. The predicted octanol–water partition coefficient (Wildman–Crippen LogP) is 4.85. The van der Waals surface area contributed by atoms with Crippen LogP contribution in [0.1, 0.15) is 44.2 Å². The first-order valence-corrected chi connectivity index (χ1v) is 14.0. The van der Waals surface area contributed by atoms with Crippen molar-refractivity contribution in [2.45, 2.75) is 51.9 Å². The summed E-state index contributed by atoms with van der Waals surface area (Å²) in [6, 6.07) is 10.1. The summed E-state index contributed by atoms with van der Waals surface area (Å²) in [4.78, 5) is 27.8. The quantitative estimate of drug-likeness (QED) is 0.375. The number of alkyl halides is 3. The zero-order chi connectivity index (χ0) is 27.8. The van der Waals surface area contributed by atoms with Crippen LogP contribution < -0.4 is 9.62 Å². The zero-order valence-electron chi connectivity index (χ0n) is 20.9. The van der Waals surface area contributed by atoms with E-state index in [1.54, 1.807) is 37.3 Å². The van der Waals surface area contributed by atoms with Crippen LogP contribution in [-0.2, 0) is 32.3 Å². The van der Waals surface area contributed by atoms with Gasteiger partial charge in [-0.25, -0.2) is 8.42 Å². The highest BCUT2D eigenvalue weighted by molar-refractivity contribution is 7.92. The topological polar surface area (TPSA) is 86.8 Å². The molecular formula is C25H31ClF3N3O4S. The van der Waals surface area contributed by atoms with Crippen molar-refractivity contribution in [1.29, 1.82) is 0 Å². The number of benzene rings is 2. The van der Waals surface area contributed by atoms with Crippen LogP contribution in [-0.4, -0.2) is 50.5 Å². The summed E-state index contributed by atoms with van der Waals surface area (Å²) < 4.78 is 65.8. The molecule has 1 atom stereocenters. The summed E-state index contributed by atoms with van der Waals surface area (Å²) >= 11 is 6.09. The molecule has 0 aromatic heterocycles. The molecule has 0 aliphatic rings. The van der Waals surface area contributed by atoms with Gasteiger partial charge >= 0.3 is 6.18 Å². The lowest BCUT2D eigenvalue weighted by Crippen LogP contribution is -2.52. The number of nitrogens with zero attached hydrogens (tertiary/aromatic N) is 2. The van der Waals surface area contributed by atoms with E-state index in [2.05, 4.69) is 5.32 Å². The van der Waals surface area contributed by atoms with E-state index in [0.29, 0.717) is 22.5 Å². The van der Waals surface area contributed by atoms with Crippen molar-refractivity contribution in [1.82, 2.24) is 10.2 Å². The van der Waals surface area contributed by atoms with E-state index in [9.17, 15) is 31.2 Å². The molecule has 1 N–H and O–H groups in total. The fourth-order valence-corrected chi connectivity index (χ4v) is 4.80. The van der Waals surface area contributed by atoms with Gasteiger partial charge in [-0.1, -0.05) is 62.2 Å². The normalized spacial score (nSPS) is 12.6. The van der Waals surface area contributed by atoms with Crippen molar-refractivity contribution in [3.8, 4) is 0 Å². The number of hydrogen-bond acceptors (Lipinski definition) is 4. The number of amides is 2. The van der Waals surface area contributed by atoms with Crippen LogP contribution in [0, 0.1) is 0 Å². The van der Waals surface area contributed by atoms with E-state index in [1.807, 2.05) is 6.92 Å². The maximum absolute atomic E-state index is 13.6. The van der Waals surface area contributed by atoms with Crippen molar-refractivity contribution in [3.05, 3.63) is 64.7 Å². The molecular weight excluding hydrogens is 531 g/mol. The second kappa shape index (κ2) is 13.1. The number of carbonyl (C=O) groups excluding carboxylic acids is 2. The zero-order valence-corrected chi connectivity index (χ0v) is 22.5. The van der Waals surface area contributed by atoms with Gasteiger partial charge in [-0.05, 0) is 36.6 Å². The number of sulfonamides is 1. The molecule has 7 nitrogen and oxygen atoms in total. The maximum Gasteiger partial charge on any atom is 0.416 e. The van der Waals surface area contributed by atoms with Crippen LogP contribution in [0.25, 0.3) is 0 Å². The van der Waals surface area contributed by atoms with Crippen molar-refractivity contribution < 1.29 is 31.2 Å². The van der Waals surface area contributed by atoms with Gasteiger partial charge in [-0.15, -0.1) is 0 Å². The third-order valence-electron chi connectivity index (χ3n) is 5.63. The summed E-state index contributed by atoms with van der Waals surface area (Å²) in [6.07, 6.45) is -2.15. The highest BCUT2D eigenvalue weighted by atomic mass is 35.5. The van der Waals surface area contributed by atoms with E-state index in [-0.39, 0.29) is 18.0 Å². The lowest BCUT2D eigenvalue weighted by atomic mass is 10.1. The van der Waals surface area contributed by atoms with Gasteiger partial charge in [0.2, 0.25) is 21.8 Å². The molecule has 0 fully saturated rings. The Bertz CT molecular complexity index is 1180. The van der Waals surface area contributed by atoms with Gasteiger partial charge in [0.15, 0.2) is 0 Å². The van der Waals surface area contributed by atoms with Crippen LogP contribution in [0.3, 0.4) is 0 Å². The lowest BCUT2D eigenvalue weighted by Gasteiger charge is -2.33. The van der Waals surface area contributed by atoms with Gasteiger partial charge in [-0.3, -0.25) is 13.9 Å². The second-order valence-corrected chi connectivity index (χ2v) is 10.8. The number of rotatable bonds is 12. The van der Waals surface area contributed by atoms with Gasteiger partial charge < -0.3 is 10.2 Å². The molecule has 2 rings (SSSR count). The largest absolute Gasteiger partial charge is 0.416 e. The number of nitrogens with one attached hydrogen (secondary N) is 1. The first-order valence-electron chi connectivity index (χ1n) is 11.7. The minimum Gasteiger partial charge on any atom is -0.354 e. The average molecular weight is 562 g/mol. The fourth-order valence-electron chi connectivity index (χ4n) is 3.68. The first kappa shape index (κ1) is 30.4. The van der Waals surface area contributed by atoms with Crippen molar-refractivity contribution in [2.24, 2.45) is 0 Å². The minimum atomic E-state index is -4.75. The van der Waals surface area contributed by atoms with Gasteiger partial charge in [0.05, 0.1) is 22.5 Å². The van der Waals surface area contributed by atoms with E-state index < -0.39 is 51.9 Å². The van der Waals surface area contributed by atoms with Crippen molar-refractivity contribution in [3.63, 3.8) is 0 Å². The SMILES string of the molecule is CCCCNC(=O)[C@@H](CC)N(Cc1ccccc1)C(=O)CN(c1cc(C(F)(F)F)ccc1Cl)S(C)(=O)=O. The monoisotopic (exact) mass is 561 g/mol. The van der Waals surface area contributed by atoms with E-state index in [1.165, 1.54) is 4.90 Å². The summed E-state index contributed by atoms with van der Waals surface area (Å²) in [7, 11) is -4.24. The molecule has 37 heavy (non-hydrogen) atoms. The van der Waals surface area contributed by atoms with Crippen LogP contribution in [0.5, 0.6) is 0 Å². The molecule has 2 aromatic rings. The number of halogens is 4. The van der Waals surface area contributed by atoms with Crippen LogP contribution in [0.2, 0.25) is 5.02 Å². The Hall–Kier alpha value is -2.79. The molecule has 0 aliphatic heterocycles. The third-order valence-corrected chi connectivity index (χ3v) is 7.08. The Balaban J connectivity index is 2.48. The van der Waals surface area contributed by atoms with E-state index >= 15 is 0 Å². The fraction of sp³-hybridized carbons (Fsp3) is 0.440. The van der Waals surface area contributed by atoms with E-state index in [0.717, 1.165) is 31.2 Å². The standard InChI is InChI=1S/C25H31ClF3N3O4S/c1-4-6-14-30-24(34)21(5-2)31(16-18-10-8-7-9-11-18)23(33)17-32(37(3,35)36)22-15-19(25(27,28)29)12-13-20(22)26/h7-13,15,21H,4-6,14,16-17H2,1-3H3,(H,30,34)/t21-/m1/s1. The summed E-state index contributed by atoms with van der Waals surface area (Å²) in [5.41, 5.74) is -0.901. The lowest BCUT2D eigenvalue weighted by molar-refractivity contribution is -0.140. The van der Waals surface area contributed by atoms with Gasteiger partial charge in [0.25, 0.3) is 0 Å². The summed E-state index contributed by atoms with van der Waals surface area (Å²) in [5.74, 6) is -1.16. The number of unbranched alkanes of at least 4 members (excludes halogenated alkanes) is 1. The van der Waals surface area contributed by atoms with E-state index in [4.69, 9.17) is 11.6 Å². The minimum absolute atomic E-state index is 0.00664. The number of anilines is 1. The number of carbonyl (C=O) groups is 2. The Labute approximate surface area is 220 Å². The Morgan fingerprint density at radius 2 is 1.73 bits per heavy atom. The van der Waals surface area contributed by atoms with Crippen molar-refractivity contribution >= 4 is 39.1 Å². The van der Waals surface area contributed by atoms with Crippen molar-refractivity contribution in [2.75, 3.05) is 23.7 Å². The molecule has 0 bridgehead atoms. The number of hydrogen-bond donors (Lipinski definition) is 1. The highest BCUT2D eigenvalue weighted by Crippen LogP contribution is 2.36. The molecule has 2 aromatic carbocycles. The molecule has 0 aliphatic carbocycles. The van der Waals surface area contributed by atoms with Gasteiger partial charge in [-0.2, -0.15) is 13.2 Å².